The summed E-state index contributed by atoms with van der Waals surface area (Å²) in [4.78, 5) is 0. The minimum absolute atomic E-state index is 1.35. The van der Waals surface area contributed by atoms with Crippen molar-refractivity contribution in [2.75, 3.05) is 0 Å². The van der Waals surface area contributed by atoms with E-state index in [4.69, 9.17) is 22.2 Å². The van der Waals surface area contributed by atoms with Gasteiger partial charge in [-0.2, -0.15) is 0 Å². The van der Waals surface area contributed by atoms with Crippen molar-refractivity contribution in [3.63, 3.8) is 0 Å². The van der Waals surface area contributed by atoms with Gasteiger partial charge >= 0.3 is 6.73 Å². The molecule has 25 valence electrons. The molecule has 0 unspecified atom stereocenters. The summed E-state index contributed by atoms with van der Waals surface area (Å²) in [6.45, 7) is -1.35. The lowest BCUT2D eigenvalue weighted by atomic mass is 27.7. The molecule has 0 amide bonds. The molecule has 0 N–H and O–H groups in total. The normalized spacial score (nSPS) is 9.00. The molecule has 0 heterocycles. The van der Waals surface area contributed by atoms with Crippen LogP contribution in [0.1, 0.15) is 0 Å². The Morgan fingerprint density at radius 2 is 1.50 bits per heavy atom. The first-order valence-corrected chi connectivity index (χ1v) is 5.24. The zero-order valence-electron chi connectivity index (χ0n) is 1.66. The van der Waals surface area contributed by atoms with Crippen molar-refractivity contribution in [2.24, 2.45) is 0 Å². The smallest absolute Gasteiger partial charge is 0.0733 e. The standard InChI is InChI=1S/Cl3HSi/c1-4(2)3/h1H/q+1. The van der Waals surface area contributed by atoms with Crippen molar-refractivity contribution in [1.29, 1.82) is 0 Å². The van der Waals surface area contributed by atoms with Crippen molar-refractivity contribution >= 4 is 28.9 Å². The molecule has 0 bridgehead atoms. The Balaban J connectivity index is 2.32. The minimum Gasteiger partial charge on any atom is -0.0733 e. The minimum atomic E-state index is -1.35. The molecule has 0 aromatic rings. The van der Waals surface area contributed by atoms with Crippen molar-refractivity contribution < 1.29 is 11.1 Å². The quantitative estimate of drug-likeness (QED) is 0.339. The molecule has 0 aromatic carbocycles. The van der Waals surface area contributed by atoms with E-state index in [1.807, 2.05) is 0 Å². The zero-order chi connectivity index (χ0) is 3.58. The highest BCUT2D eigenvalue weighted by Gasteiger charge is 2.08. The highest BCUT2D eigenvalue weighted by Crippen LogP contribution is 1.86. The fourth-order valence-corrected chi connectivity index (χ4v) is 0. The molecule has 0 aliphatic rings. The van der Waals surface area contributed by atoms with E-state index in [1.54, 1.807) is 0 Å². The Kier molecular flexibility index (Phi) is 2.97. The maximum Gasteiger partial charge on any atom is 0.646 e. The number of rotatable bonds is 0. The van der Waals surface area contributed by atoms with E-state index in [1.165, 1.54) is 0 Å². The van der Waals surface area contributed by atoms with Gasteiger partial charge in [0.1, 0.15) is 0 Å². The van der Waals surface area contributed by atoms with E-state index in [-0.39, 0.29) is 0 Å². The largest absolute Gasteiger partial charge is 0.646 e. The lowest BCUT2D eigenvalue weighted by Crippen LogP contribution is -1.76. The van der Waals surface area contributed by atoms with Gasteiger partial charge in [-0.05, 0) is 0 Å². The van der Waals surface area contributed by atoms with Crippen LogP contribution in [0.5, 0.6) is 0 Å². The zero-order valence-corrected chi connectivity index (χ0v) is 4.99. The van der Waals surface area contributed by atoms with E-state index in [0.29, 0.717) is 0 Å². The predicted octanol–water partition coefficient (Wildman–Crippen LogP) is 0.730. The summed E-state index contributed by atoms with van der Waals surface area (Å²) in [6, 6.07) is 0. The van der Waals surface area contributed by atoms with Crippen molar-refractivity contribution in [3.05, 3.63) is 0 Å². The summed E-state index contributed by atoms with van der Waals surface area (Å²) >= 11 is 14.2. The molecule has 0 aromatic heterocycles. The Morgan fingerprint density at radius 3 is 1.50 bits per heavy atom. The Labute approximate surface area is 40.4 Å². The second-order valence-corrected chi connectivity index (χ2v) is 6.09. The fourth-order valence-electron chi connectivity index (χ4n) is 0. The number of halogens is 3. The van der Waals surface area contributed by atoms with Crippen LogP contribution in [0.25, 0.3) is 0 Å². The molecule has 0 nitrogen and oxygen atoms in total. The summed E-state index contributed by atoms with van der Waals surface area (Å²) < 4.78 is 0. The molecule has 4 heavy (non-hydrogen) atoms. The number of hydrogen-bond acceptors (Lipinski definition) is 0. The Hall–Kier alpha value is 1.09. The van der Waals surface area contributed by atoms with Crippen LogP contribution in [0.3, 0.4) is 0 Å². The van der Waals surface area contributed by atoms with E-state index in [0.717, 1.165) is 0 Å². The van der Waals surface area contributed by atoms with Crippen LogP contribution >= 0.6 is 22.2 Å². The highest BCUT2D eigenvalue weighted by atomic mass is 35.8. The third-order valence-electron chi connectivity index (χ3n) is 0. The van der Waals surface area contributed by atoms with Crippen LogP contribution in [0.2, 0.25) is 0 Å². The highest BCUT2D eigenvalue weighted by molar-refractivity contribution is 7.29. The van der Waals surface area contributed by atoms with Crippen molar-refractivity contribution in [2.45, 2.75) is 0 Å². The average Bonchev–Trinajstić information content (AvgIpc) is 0.811. The Bertz CT molecular complexity index is 8.00. The topological polar surface area (TPSA) is 0 Å². The number of hydrogen-bond donors (Lipinski definition) is 0. The van der Waals surface area contributed by atoms with Crippen LogP contribution in [0.15, 0.2) is 0 Å². The SMILES string of the molecule is Cl[Si](Cl)[ClH+]. The van der Waals surface area contributed by atoms with Gasteiger partial charge in [0, 0.05) is 0 Å². The predicted molar refractivity (Wildman–Crippen MR) is 18.9 cm³/mol. The lowest BCUT2D eigenvalue weighted by molar-refractivity contribution is -0.178. The first-order chi connectivity index (χ1) is 1.73. The summed E-state index contributed by atoms with van der Waals surface area (Å²) in [6.07, 6.45) is 0. The monoisotopic (exact) mass is 134 g/mol. The average molecular weight is 135 g/mol. The van der Waals surface area contributed by atoms with E-state index >= 15 is 0 Å². The van der Waals surface area contributed by atoms with Crippen LogP contribution in [0, 0.1) is 11.1 Å². The molecule has 0 aliphatic carbocycles. The second-order valence-electron chi connectivity index (χ2n) is 0.226. The first kappa shape index (κ1) is 5.09. The maximum atomic E-state index is 4.96. The van der Waals surface area contributed by atoms with Gasteiger partial charge < -0.3 is 0 Å². The van der Waals surface area contributed by atoms with Crippen molar-refractivity contribution in [3.8, 4) is 0 Å². The van der Waals surface area contributed by atoms with Crippen LogP contribution in [-0.4, -0.2) is 6.73 Å². The van der Waals surface area contributed by atoms with Crippen molar-refractivity contribution in [1.82, 2.24) is 0 Å². The molecule has 0 aliphatic heterocycles. The van der Waals surface area contributed by atoms with Crippen LogP contribution in [-0.2, 0) is 0 Å². The van der Waals surface area contributed by atoms with Gasteiger partial charge in [-0.1, -0.05) is 22.2 Å². The Morgan fingerprint density at radius 1 is 1.50 bits per heavy atom. The molecule has 1 radical (unpaired) electrons. The van der Waals surface area contributed by atoms with E-state index in [2.05, 4.69) is 11.1 Å². The van der Waals surface area contributed by atoms with Gasteiger partial charge in [-0.3, -0.25) is 0 Å². The van der Waals surface area contributed by atoms with Gasteiger partial charge in [-0.25, -0.2) is 0 Å². The van der Waals surface area contributed by atoms with Gasteiger partial charge in [0.05, 0.1) is 11.1 Å². The molecule has 0 spiro atoms. The molecule has 0 saturated heterocycles. The summed E-state index contributed by atoms with van der Waals surface area (Å²) in [7, 11) is 0. The lowest BCUT2D eigenvalue weighted by Gasteiger charge is -1.46. The molecule has 0 saturated carbocycles. The summed E-state index contributed by atoms with van der Waals surface area (Å²) in [5.74, 6) is 0. The fraction of sp³-hybridized carbons (Fsp3) is 0. The molecular weight excluding hydrogens is 134 g/mol. The van der Waals surface area contributed by atoms with Gasteiger partial charge in [0.15, 0.2) is 0 Å². The van der Waals surface area contributed by atoms with Crippen LogP contribution < -0.4 is 0 Å². The van der Waals surface area contributed by atoms with Gasteiger partial charge in [-0.15, -0.1) is 0 Å². The second kappa shape index (κ2) is 2.33. The van der Waals surface area contributed by atoms with Gasteiger partial charge in [0.2, 0.25) is 0 Å². The van der Waals surface area contributed by atoms with Crippen LogP contribution in [0.4, 0.5) is 0 Å². The summed E-state index contributed by atoms with van der Waals surface area (Å²) in [5.41, 5.74) is 0. The molecule has 4 heteroatoms. The van der Waals surface area contributed by atoms with Gasteiger partial charge in [0.25, 0.3) is 0 Å². The van der Waals surface area contributed by atoms with E-state index in [9.17, 15) is 0 Å². The molecule has 0 atom stereocenters. The summed E-state index contributed by atoms with van der Waals surface area (Å²) in [5, 5.41) is 0. The third kappa shape index (κ3) is 11.4. The maximum absolute atomic E-state index is 4.96. The molecule has 0 fully saturated rings. The molecule has 0 rings (SSSR count). The van der Waals surface area contributed by atoms with E-state index < -0.39 is 6.73 Å². The third-order valence-corrected chi connectivity index (χ3v) is 0. The molecular formula is HCl3Si+. The first-order valence-electron chi connectivity index (χ1n) is 0.582.